The van der Waals surface area contributed by atoms with Crippen molar-refractivity contribution in [3.63, 3.8) is 0 Å². The highest BCUT2D eigenvalue weighted by atomic mass is 35.5. The molecule has 5 N–H and O–H groups in total. The minimum Gasteiger partial charge on any atom is -0.382 e. The maximum atomic E-state index is 5.81. The topological polar surface area (TPSA) is 89.8 Å². The van der Waals surface area contributed by atoms with Crippen LogP contribution in [0.15, 0.2) is 0 Å². The minimum atomic E-state index is 0.164. The van der Waals surface area contributed by atoms with Gasteiger partial charge in [-0.15, -0.1) is 0 Å². The Kier molecular flexibility index (Phi) is 4.72. The molecule has 0 fully saturated rings. The third kappa shape index (κ3) is 3.97. The predicted molar refractivity (Wildman–Crippen MR) is 75.1 cm³/mol. The molecular formula is C11H22ClN6+. The fourth-order valence-corrected chi connectivity index (χ4v) is 1.42. The van der Waals surface area contributed by atoms with Gasteiger partial charge < -0.3 is 21.3 Å². The molecule has 0 amide bonds. The molecule has 1 aromatic heterocycles. The maximum Gasteiger partial charge on any atom is 0.171 e. The molecule has 18 heavy (non-hydrogen) atoms. The van der Waals surface area contributed by atoms with Crippen LogP contribution in [0.4, 0.5) is 11.6 Å². The summed E-state index contributed by atoms with van der Waals surface area (Å²) in [7, 11) is 6.46. The number of nitrogen functional groups attached to an aromatic ring is 2. The Morgan fingerprint density at radius 2 is 1.83 bits per heavy atom. The van der Waals surface area contributed by atoms with E-state index in [4.69, 9.17) is 23.1 Å². The normalized spacial score (nSPS) is 13.6. The fourth-order valence-electron chi connectivity index (χ4n) is 1.28. The Balaban J connectivity index is 2.57. The third-order valence-corrected chi connectivity index (χ3v) is 3.31. The number of hydrogen-bond donors (Lipinski definition) is 3. The first-order valence-corrected chi connectivity index (χ1v) is 6.18. The molecule has 0 saturated heterocycles. The molecule has 1 heterocycles. The first kappa shape index (κ1) is 14.9. The molecule has 1 rings (SSSR count). The lowest BCUT2D eigenvalue weighted by molar-refractivity contribution is -0.892. The van der Waals surface area contributed by atoms with Crippen molar-refractivity contribution in [2.24, 2.45) is 0 Å². The molecule has 0 aliphatic heterocycles. The summed E-state index contributed by atoms with van der Waals surface area (Å²) < 4.78 is 0.886. The molecule has 0 unspecified atom stereocenters. The molecule has 0 aromatic carbocycles. The lowest BCUT2D eigenvalue weighted by Gasteiger charge is -2.31. The van der Waals surface area contributed by atoms with Gasteiger partial charge in [0.2, 0.25) is 0 Å². The summed E-state index contributed by atoms with van der Waals surface area (Å²) >= 11 is 5.81. The van der Waals surface area contributed by atoms with Crippen LogP contribution >= 0.6 is 11.6 Å². The average Bonchev–Trinajstić information content (AvgIpc) is 2.23. The Morgan fingerprint density at radius 3 is 2.39 bits per heavy atom. The summed E-state index contributed by atoms with van der Waals surface area (Å²) in [4.78, 5) is 8.05. The predicted octanol–water partition coefficient (Wildman–Crippen LogP) is 0.479. The van der Waals surface area contributed by atoms with Crippen LogP contribution in [-0.4, -0.2) is 48.2 Å². The monoisotopic (exact) mass is 273 g/mol. The van der Waals surface area contributed by atoms with E-state index in [1.807, 2.05) is 0 Å². The van der Waals surface area contributed by atoms with Crippen molar-refractivity contribution in [3.8, 4) is 0 Å². The molecule has 0 aliphatic rings. The van der Waals surface area contributed by atoms with E-state index in [2.05, 4.69) is 43.4 Å². The summed E-state index contributed by atoms with van der Waals surface area (Å²) in [6.45, 7) is 3.56. The maximum absolute atomic E-state index is 5.81. The lowest BCUT2D eigenvalue weighted by Crippen LogP contribution is -2.48. The van der Waals surface area contributed by atoms with Crippen LogP contribution in [0.3, 0.4) is 0 Å². The lowest BCUT2D eigenvalue weighted by atomic mass is 10.2. The number of anilines is 2. The number of quaternary nitrogens is 1. The van der Waals surface area contributed by atoms with Crippen LogP contribution in [0.1, 0.15) is 12.6 Å². The molecule has 7 heteroatoms. The summed E-state index contributed by atoms with van der Waals surface area (Å²) in [5.41, 5.74) is 11.9. The molecule has 0 aliphatic carbocycles. The Labute approximate surface area is 113 Å². The van der Waals surface area contributed by atoms with E-state index < -0.39 is 0 Å². The zero-order valence-corrected chi connectivity index (χ0v) is 12.1. The summed E-state index contributed by atoms with van der Waals surface area (Å²) in [5.74, 6) is 0.486. The van der Waals surface area contributed by atoms with E-state index in [0.717, 1.165) is 11.0 Å². The van der Waals surface area contributed by atoms with Gasteiger partial charge in [-0.05, 0) is 6.92 Å². The number of nitrogens with zero attached hydrogens (tertiary/aromatic N) is 3. The fraction of sp³-hybridized carbons (Fsp3) is 0.636. The van der Waals surface area contributed by atoms with Crippen LogP contribution in [0, 0.1) is 0 Å². The van der Waals surface area contributed by atoms with E-state index in [0.29, 0.717) is 24.1 Å². The first-order chi connectivity index (χ1) is 8.21. The van der Waals surface area contributed by atoms with Gasteiger partial charge in [-0.2, -0.15) is 0 Å². The Hall–Kier alpha value is -1.11. The molecular weight excluding hydrogens is 252 g/mol. The molecule has 6 nitrogen and oxygen atoms in total. The molecule has 1 atom stereocenters. The van der Waals surface area contributed by atoms with Gasteiger partial charge in [0.25, 0.3) is 0 Å². The van der Waals surface area contributed by atoms with Gasteiger partial charge >= 0.3 is 0 Å². The van der Waals surface area contributed by atoms with E-state index in [1.54, 1.807) is 0 Å². The second kappa shape index (κ2) is 5.69. The van der Waals surface area contributed by atoms with Gasteiger partial charge in [0, 0.05) is 13.1 Å². The number of rotatable bonds is 5. The Morgan fingerprint density at radius 1 is 1.22 bits per heavy atom. The molecule has 0 spiro atoms. The molecule has 1 aromatic rings. The SMILES string of the molecule is C[C@@H](CNCc1nc(Cl)c(N)nc1N)[N+](C)(C)C. The van der Waals surface area contributed by atoms with Crippen LogP contribution in [-0.2, 0) is 6.54 Å². The molecule has 0 radical (unpaired) electrons. The smallest absolute Gasteiger partial charge is 0.171 e. The van der Waals surface area contributed by atoms with Crippen LogP contribution < -0.4 is 16.8 Å². The second-order valence-electron chi connectivity index (χ2n) is 5.33. The number of halogens is 1. The number of nitrogens with one attached hydrogen (secondary N) is 1. The van der Waals surface area contributed by atoms with Gasteiger partial charge in [0.1, 0.15) is 5.82 Å². The summed E-state index contributed by atoms with van der Waals surface area (Å²) in [6.07, 6.45) is 0. The zero-order chi connectivity index (χ0) is 13.9. The highest BCUT2D eigenvalue weighted by Crippen LogP contribution is 2.17. The number of likely N-dealkylation sites (N-methyl/N-ethyl adjacent to an activating group) is 1. The van der Waals surface area contributed by atoms with Crippen molar-refractivity contribution in [2.45, 2.75) is 19.5 Å². The van der Waals surface area contributed by atoms with Crippen molar-refractivity contribution in [1.29, 1.82) is 0 Å². The van der Waals surface area contributed by atoms with Crippen molar-refractivity contribution < 1.29 is 4.48 Å². The Bertz CT molecular complexity index is 415. The van der Waals surface area contributed by atoms with Gasteiger partial charge in [0.15, 0.2) is 11.0 Å². The largest absolute Gasteiger partial charge is 0.382 e. The van der Waals surface area contributed by atoms with E-state index in [1.165, 1.54) is 0 Å². The number of aromatic nitrogens is 2. The molecule has 102 valence electrons. The quantitative estimate of drug-likeness (QED) is 0.679. The van der Waals surface area contributed by atoms with Gasteiger partial charge in [0.05, 0.1) is 32.9 Å². The second-order valence-corrected chi connectivity index (χ2v) is 5.69. The van der Waals surface area contributed by atoms with E-state index in [9.17, 15) is 0 Å². The molecule has 0 bridgehead atoms. The van der Waals surface area contributed by atoms with Crippen LogP contribution in [0.2, 0.25) is 5.15 Å². The van der Waals surface area contributed by atoms with E-state index in [-0.39, 0.29) is 11.0 Å². The average molecular weight is 274 g/mol. The zero-order valence-electron chi connectivity index (χ0n) is 11.4. The van der Waals surface area contributed by atoms with Crippen molar-refractivity contribution >= 4 is 23.2 Å². The number of nitrogens with two attached hydrogens (primary N) is 2. The summed E-state index contributed by atoms with van der Waals surface area (Å²) in [5, 5.41) is 3.49. The van der Waals surface area contributed by atoms with E-state index >= 15 is 0 Å². The minimum absolute atomic E-state index is 0.164. The number of hydrogen-bond acceptors (Lipinski definition) is 5. The highest BCUT2D eigenvalue weighted by molar-refractivity contribution is 6.31. The highest BCUT2D eigenvalue weighted by Gasteiger charge is 2.17. The first-order valence-electron chi connectivity index (χ1n) is 5.81. The van der Waals surface area contributed by atoms with Crippen LogP contribution in [0.5, 0.6) is 0 Å². The van der Waals surface area contributed by atoms with Crippen molar-refractivity contribution in [3.05, 3.63) is 10.8 Å². The van der Waals surface area contributed by atoms with Crippen molar-refractivity contribution in [1.82, 2.24) is 15.3 Å². The molecule has 0 saturated carbocycles. The van der Waals surface area contributed by atoms with Crippen LogP contribution in [0.25, 0.3) is 0 Å². The van der Waals surface area contributed by atoms with Crippen molar-refractivity contribution in [2.75, 3.05) is 39.2 Å². The summed E-state index contributed by atoms with van der Waals surface area (Å²) in [6, 6.07) is 0.475. The van der Waals surface area contributed by atoms with Gasteiger partial charge in [-0.25, -0.2) is 9.97 Å². The van der Waals surface area contributed by atoms with Gasteiger partial charge in [-0.1, -0.05) is 11.6 Å². The standard InChI is InChI=1S/C11H22ClN6/c1-7(18(2,3)4)5-15-6-8-10(13)17-11(14)9(12)16-8/h7,15H,5-6H2,1-4H3,(H4,13,14,17)/q+1/t7-/m0/s1. The van der Waals surface area contributed by atoms with Gasteiger partial charge in [-0.3, -0.25) is 0 Å². The third-order valence-electron chi connectivity index (χ3n) is 3.04.